The third-order valence-corrected chi connectivity index (χ3v) is 4.15. The highest BCUT2D eigenvalue weighted by Crippen LogP contribution is 2.26. The van der Waals surface area contributed by atoms with E-state index in [9.17, 15) is 4.79 Å². The highest BCUT2D eigenvalue weighted by Gasteiger charge is 2.33. The molecule has 1 heterocycles. The van der Waals surface area contributed by atoms with Crippen LogP contribution in [0.2, 0.25) is 0 Å². The number of rotatable bonds is 1. The molecule has 1 aliphatic carbocycles. The Morgan fingerprint density at radius 1 is 1.29 bits per heavy atom. The smallest absolute Gasteiger partial charge is 0.227 e. The maximum Gasteiger partial charge on any atom is 0.227 e. The third-order valence-electron chi connectivity index (χ3n) is 3.21. The molecule has 1 aliphatic heterocycles. The number of hydrogen-bond donors (Lipinski definition) is 1. The fourth-order valence-electron chi connectivity index (χ4n) is 2.31. The Morgan fingerprint density at radius 2 is 2.00 bits per heavy atom. The highest BCUT2D eigenvalue weighted by atomic mass is 32.2. The van der Waals surface area contributed by atoms with Crippen LogP contribution >= 0.6 is 11.8 Å². The molecular formula is C10H18N2OS. The van der Waals surface area contributed by atoms with Gasteiger partial charge in [0, 0.05) is 30.6 Å². The first-order valence-electron chi connectivity index (χ1n) is 5.41. The number of hydrogen-bond acceptors (Lipinski definition) is 3. The van der Waals surface area contributed by atoms with E-state index in [1.165, 1.54) is 0 Å². The van der Waals surface area contributed by atoms with Crippen molar-refractivity contribution in [2.75, 3.05) is 24.6 Å². The molecule has 14 heavy (non-hydrogen) atoms. The molecule has 0 aromatic carbocycles. The SMILES string of the molecule is N[C@@H]1CCC[C@@H]1C(=O)N1CCSCC1. The maximum atomic E-state index is 12.0. The molecule has 1 amide bonds. The van der Waals surface area contributed by atoms with Gasteiger partial charge < -0.3 is 10.6 Å². The number of amides is 1. The topological polar surface area (TPSA) is 46.3 Å². The number of carbonyl (C=O) groups is 1. The molecule has 0 bridgehead atoms. The summed E-state index contributed by atoms with van der Waals surface area (Å²) < 4.78 is 0. The van der Waals surface area contributed by atoms with Crippen molar-refractivity contribution < 1.29 is 4.79 Å². The van der Waals surface area contributed by atoms with E-state index in [0.29, 0.717) is 5.91 Å². The Morgan fingerprint density at radius 3 is 2.57 bits per heavy atom. The summed E-state index contributed by atoms with van der Waals surface area (Å²) >= 11 is 1.93. The van der Waals surface area contributed by atoms with Crippen molar-refractivity contribution >= 4 is 17.7 Å². The van der Waals surface area contributed by atoms with Gasteiger partial charge >= 0.3 is 0 Å². The van der Waals surface area contributed by atoms with E-state index in [0.717, 1.165) is 43.9 Å². The van der Waals surface area contributed by atoms with E-state index >= 15 is 0 Å². The van der Waals surface area contributed by atoms with Crippen molar-refractivity contribution in [3.63, 3.8) is 0 Å². The van der Waals surface area contributed by atoms with Crippen LogP contribution in [0.1, 0.15) is 19.3 Å². The molecule has 0 radical (unpaired) electrons. The maximum absolute atomic E-state index is 12.0. The number of carbonyl (C=O) groups excluding carboxylic acids is 1. The van der Waals surface area contributed by atoms with Gasteiger partial charge in [-0.05, 0) is 12.8 Å². The molecule has 2 N–H and O–H groups in total. The summed E-state index contributed by atoms with van der Waals surface area (Å²) in [5, 5.41) is 0. The summed E-state index contributed by atoms with van der Waals surface area (Å²) in [6.45, 7) is 1.85. The van der Waals surface area contributed by atoms with Gasteiger partial charge in [0.1, 0.15) is 0 Å². The van der Waals surface area contributed by atoms with E-state index in [2.05, 4.69) is 0 Å². The van der Waals surface area contributed by atoms with Crippen LogP contribution in [0.4, 0.5) is 0 Å². The lowest BCUT2D eigenvalue weighted by Crippen LogP contribution is -2.45. The minimum absolute atomic E-state index is 0.122. The Bertz CT molecular complexity index is 216. The van der Waals surface area contributed by atoms with E-state index < -0.39 is 0 Å². The Kier molecular flexibility index (Phi) is 3.34. The Labute approximate surface area is 89.4 Å². The molecule has 0 aromatic rings. The van der Waals surface area contributed by atoms with Gasteiger partial charge in [-0.25, -0.2) is 0 Å². The molecule has 0 spiro atoms. The van der Waals surface area contributed by atoms with Crippen molar-refractivity contribution in [1.29, 1.82) is 0 Å². The molecule has 2 fully saturated rings. The van der Waals surface area contributed by atoms with E-state index in [4.69, 9.17) is 5.73 Å². The van der Waals surface area contributed by atoms with Crippen molar-refractivity contribution in [3.05, 3.63) is 0 Å². The van der Waals surface area contributed by atoms with Crippen LogP contribution < -0.4 is 5.73 Å². The average Bonchev–Trinajstić information content (AvgIpc) is 2.65. The predicted octanol–water partition coefficient (Wildman–Crippen LogP) is 0.689. The Hall–Kier alpha value is -0.220. The zero-order chi connectivity index (χ0) is 9.97. The average molecular weight is 214 g/mol. The first-order chi connectivity index (χ1) is 6.79. The van der Waals surface area contributed by atoms with Crippen LogP contribution in [0.3, 0.4) is 0 Å². The standard InChI is InChI=1S/C10H18N2OS/c11-9-3-1-2-8(9)10(13)12-4-6-14-7-5-12/h8-9H,1-7,11H2/t8-,9+/m0/s1. The fourth-order valence-corrected chi connectivity index (χ4v) is 3.22. The van der Waals surface area contributed by atoms with E-state index in [-0.39, 0.29) is 12.0 Å². The van der Waals surface area contributed by atoms with Gasteiger partial charge in [0.05, 0.1) is 5.92 Å². The molecule has 0 unspecified atom stereocenters. The second-order valence-corrected chi connectivity index (χ2v) is 5.36. The van der Waals surface area contributed by atoms with Gasteiger partial charge in [-0.3, -0.25) is 4.79 Å². The molecule has 1 saturated carbocycles. The second-order valence-electron chi connectivity index (χ2n) is 4.14. The summed E-state index contributed by atoms with van der Waals surface area (Å²) in [5.74, 6) is 2.62. The van der Waals surface area contributed by atoms with Crippen molar-refractivity contribution in [1.82, 2.24) is 4.90 Å². The molecule has 80 valence electrons. The molecule has 3 nitrogen and oxygen atoms in total. The third kappa shape index (κ3) is 2.06. The highest BCUT2D eigenvalue weighted by molar-refractivity contribution is 7.99. The van der Waals surface area contributed by atoms with E-state index in [1.807, 2.05) is 16.7 Å². The molecule has 2 atom stereocenters. The number of nitrogens with two attached hydrogens (primary N) is 1. The molecule has 0 aromatic heterocycles. The fraction of sp³-hybridized carbons (Fsp3) is 0.900. The number of nitrogens with zero attached hydrogens (tertiary/aromatic N) is 1. The van der Waals surface area contributed by atoms with Gasteiger partial charge in [-0.2, -0.15) is 11.8 Å². The lowest BCUT2D eigenvalue weighted by Gasteiger charge is -2.30. The van der Waals surface area contributed by atoms with Crippen LogP contribution in [0.15, 0.2) is 0 Å². The summed E-state index contributed by atoms with van der Waals surface area (Å²) in [7, 11) is 0. The van der Waals surface area contributed by atoms with Crippen LogP contribution in [0, 0.1) is 5.92 Å². The van der Waals surface area contributed by atoms with Gasteiger partial charge in [0.15, 0.2) is 0 Å². The minimum Gasteiger partial charge on any atom is -0.341 e. The van der Waals surface area contributed by atoms with Gasteiger partial charge in [0.2, 0.25) is 5.91 Å². The first kappa shape index (κ1) is 10.3. The monoisotopic (exact) mass is 214 g/mol. The molecule has 2 rings (SSSR count). The lowest BCUT2D eigenvalue weighted by molar-refractivity contribution is -0.135. The van der Waals surface area contributed by atoms with Crippen LogP contribution in [0.5, 0.6) is 0 Å². The lowest BCUT2D eigenvalue weighted by atomic mass is 10.0. The van der Waals surface area contributed by atoms with Crippen molar-refractivity contribution in [2.45, 2.75) is 25.3 Å². The number of thioether (sulfide) groups is 1. The zero-order valence-electron chi connectivity index (χ0n) is 8.45. The first-order valence-corrected chi connectivity index (χ1v) is 6.56. The molecule has 1 saturated heterocycles. The second kappa shape index (κ2) is 4.53. The van der Waals surface area contributed by atoms with Crippen LogP contribution in [-0.2, 0) is 4.79 Å². The summed E-state index contributed by atoms with van der Waals surface area (Å²) in [6.07, 6.45) is 3.16. The molecule has 4 heteroatoms. The normalized spacial score (nSPS) is 33.4. The van der Waals surface area contributed by atoms with Crippen molar-refractivity contribution in [3.8, 4) is 0 Å². The largest absolute Gasteiger partial charge is 0.341 e. The van der Waals surface area contributed by atoms with Crippen LogP contribution in [-0.4, -0.2) is 41.4 Å². The van der Waals surface area contributed by atoms with E-state index in [1.54, 1.807) is 0 Å². The summed E-state index contributed by atoms with van der Waals surface area (Å²) in [4.78, 5) is 14.1. The molecule has 2 aliphatic rings. The quantitative estimate of drug-likeness (QED) is 0.698. The minimum atomic E-state index is 0.122. The molecular weight excluding hydrogens is 196 g/mol. The predicted molar refractivity (Wildman–Crippen MR) is 59.2 cm³/mol. The Balaban J connectivity index is 1.92. The van der Waals surface area contributed by atoms with Gasteiger partial charge in [0.25, 0.3) is 0 Å². The summed E-state index contributed by atoms with van der Waals surface area (Å²) in [5.41, 5.74) is 5.93. The van der Waals surface area contributed by atoms with Gasteiger partial charge in [-0.1, -0.05) is 6.42 Å². The van der Waals surface area contributed by atoms with Gasteiger partial charge in [-0.15, -0.1) is 0 Å². The van der Waals surface area contributed by atoms with Crippen LogP contribution in [0.25, 0.3) is 0 Å². The zero-order valence-corrected chi connectivity index (χ0v) is 9.26. The summed E-state index contributed by atoms with van der Waals surface area (Å²) in [6, 6.07) is 0.122. The van der Waals surface area contributed by atoms with Crippen molar-refractivity contribution in [2.24, 2.45) is 11.7 Å².